The minimum atomic E-state index is -0.892. The molecule has 1 aromatic rings. The molecule has 0 amide bonds. The van der Waals surface area contributed by atoms with E-state index in [0.29, 0.717) is 11.5 Å². The fraction of sp³-hybridized carbons (Fsp3) is 0.556. The molecule has 0 unspecified atom stereocenters. The lowest BCUT2D eigenvalue weighted by molar-refractivity contribution is -0.135. The van der Waals surface area contributed by atoms with Crippen molar-refractivity contribution in [2.24, 2.45) is 7.05 Å². The minimum Gasteiger partial charge on any atom is -0.480 e. The number of nitrogen functional groups attached to an aromatic ring is 1. The van der Waals surface area contributed by atoms with Gasteiger partial charge >= 0.3 is 5.97 Å². The summed E-state index contributed by atoms with van der Waals surface area (Å²) in [5.74, 6) is -0.245. The van der Waals surface area contributed by atoms with Crippen molar-refractivity contribution in [1.29, 1.82) is 0 Å². The fourth-order valence-corrected chi connectivity index (χ4v) is 1.58. The molecule has 1 aromatic heterocycles. The lowest BCUT2D eigenvalue weighted by Gasteiger charge is -2.17. The van der Waals surface area contributed by atoms with Gasteiger partial charge in [-0.1, -0.05) is 6.92 Å². The van der Waals surface area contributed by atoms with Gasteiger partial charge in [0.05, 0.1) is 11.4 Å². The van der Waals surface area contributed by atoms with Crippen LogP contribution in [0.25, 0.3) is 0 Å². The molecule has 0 atom stereocenters. The maximum absolute atomic E-state index is 10.6. The maximum atomic E-state index is 10.6. The number of carbonyl (C=O) groups is 1. The smallest absolute Gasteiger partial charge is 0.323 e. The summed E-state index contributed by atoms with van der Waals surface area (Å²) in [7, 11) is 3.43. The van der Waals surface area contributed by atoms with E-state index in [0.717, 1.165) is 12.1 Å². The fourth-order valence-electron chi connectivity index (χ4n) is 1.58. The lowest BCUT2D eigenvalue weighted by atomic mass is 10.3. The second kappa shape index (κ2) is 4.20. The maximum Gasteiger partial charge on any atom is 0.323 e. The van der Waals surface area contributed by atoms with Gasteiger partial charge in [-0.05, 0) is 6.42 Å². The molecule has 0 aliphatic heterocycles. The molecule has 6 nitrogen and oxygen atoms in total. The van der Waals surface area contributed by atoms with Crippen molar-refractivity contribution in [3.8, 4) is 0 Å². The standard InChI is InChI=1S/C9H16N4O2/c1-4-6-8(10)9(13(3)11-6)12(2)5-7(14)15/h4-5,10H2,1-3H3,(H,14,15). The zero-order valence-corrected chi connectivity index (χ0v) is 9.19. The van der Waals surface area contributed by atoms with Crippen LogP contribution in [0.2, 0.25) is 0 Å². The quantitative estimate of drug-likeness (QED) is 0.738. The molecule has 84 valence electrons. The highest BCUT2D eigenvalue weighted by molar-refractivity contribution is 5.76. The lowest BCUT2D eigenvalue weighted by Crippen LogP contribution is -2.27. The molecule has 0 spiro atoms. The number of hydrogen-bond acceptors (Lipinski definition) is 4. The number of likely N-dealkylation sites (N-methyl/N-ethyl adjacent to an activating group) is 1. The molecule has 0 bridgehead atoms. The van der Waals surface area contributed by atoms with Crippen molar-refractivity contribution in [3.63, 3.8) is 0 Å². The zero-order chi connectivity index (χ0) is 11.6. The van der Waals surface area contributed by atoms with Gasteiger partial charge in [0.15, 0.2) is 5.82 Å². The molecule has 1 heterocycles. The summed E-state index contributed by atoms with van der Waals surface area (Å²) in [6.07, 6.45) is 0.737. The van der Waals surface area contributed by atoms with Crippen molar-refractivity contribution < 1.29 is 9.90 Å². The number of carboxylic acid groups (broad SMARTS) is 1. The summed E-state index contributed by atoms with van der Waals surface area (Å²) in [5, 5.41) is 12.9. The van der Waals surface area contributed by atoms with Gasteiger partial charge in [0, 0.05) is 14.1 Å². The third-order valence-electron chi connectivity index (χ3n) is 2.20. The summed E-state index contributed by atoms with van der Waals surface area (Å²) in [6, 6.07) is 0. The van der Waals surface area contributed by atoms with E-state index in [1.54, 1.807) is 23.7 Å². The summed E-state index contributed by atoms with van der Waals surface area (Å²) in [6.45, 7) is 1.87. The van der Waals surface area contributed by atoms with Crippen LogP contribution in [0.3, 0.4) is 0 Å². The number of anilines is 2. The molecule has 0 fully saturated rings. The summed E-state index contributed by atoms with van der Waals surface area (Å²) >= 11 is 0. The molecule has 0 aliphatic carbocycles. The van der Waals surface area contributed by atoms with Crippen LogP contribution in [0.4, 0.5) is 11.5 Å². The second-order valence-electron chi connectivity index (χ2n) is 3.41. The van der Waals surface area contributed by atoms with Crippen LogP contribution in [0.1, 0.15) is 12.6 Å². The van der Waals surface area contributed by atoms with Gasteiger partial charge in [-0.15, -0.1) is 0 Å². The van der Waals surface area contributed by atoms with Crippen LogP contribution < -0.4 is 10.6 Å². The number of aliphatic carboxylic acids is 1. The Balaban J connectivity index is 3.02. The number of carboxylic acids is 1. The van der Waals surface area contributed by atoms with Crippen LogP contribution in [-0.4, -0.2) is 34.4 Å². The van der Waals surface area contributed by atoms with Crippen molar-refractivity contribution in [1.82, 2.24) is 9.78 Å². The first-order valence-corrected chi connectivity index (χ1v) is 4.71. The van der Waals surface area contributed by atoms with Crippen LogP contribution in [0.15, 0.2) is 0 Å². The van der Waals surface area contributed by atoms with E-state index in [-0.39, 0.29) is 6.54 Å². The van der Waals surface area contributed by atoms with Gasteiger partial charge in [0.1, 0.15) is 6.54 Å². The molecule has 0 saturated carbocycles. The van der Waals surface area contributed by atoms with E-state index in [1.807, 2.05) is 6.92 Å². The number of nitrogens with zero attached hydrogens (tertiary/aromatic N) is 3. The Morgan fingerprint density at radius 1 is 1.67 bits per heavy atom. The molecule has 0 radical (unpaired) electrons. The molecule has 6 heteroatoms. The number of aryl methyl sites for hydroxylation is 2. The first-order chi connectivity index (χ1) is 6.97. The number of nitrogens with two attached hydrogens (primary N) is 1. The topological polar surface area (TPSA) is 84.4 Å². The van der Waals surface area contributed by atoms with Crippen molar-refractivity contribution in [2.45, 2.75) is 13.3 Å². The Hall–Kier alpha value is -1.72. The van der Waals surface area contributed by atoms with Gasteiger partial charge in [0.25, 0.3) is 0 Å². The predicted molar refractivity (Wildman–Crippen MR) is 57.9 cm³/mol. The van der Waals surface area contributed by atoms with Crippen LogP contribution >= 0.6 is 0 Å². The second-order valence-corrected chi connectivity index (χ2v) is 3.41. The summed E-state index contributed by atoms with van der Waals surface area (Å²) in [4.78, 5) is 12.1. The highest BCUT2D eigenvalue weighted by atomic mass is 16.4. The third kappa shape index (κ3) is 2.20. The van der Waals surface area contributed by atoms with E-state index in [2.05, 4.69) is 5.10 Å². The van der Waals surface area contributed by atoms with Crippen LogP contribution in [0.5, 0.6) is 0 Å². The Morgan fingerprint density at radius 2 is 2.27 bits per heavy atom. The average Bonchev–Trinajstić information content (AvgIpc) is 2.40. The summed E-state index contributed by atoms with van der Waals surface area (Å²) in [5.41, 5.74) is 7.23. The zero-order valence-electron chi connectivity index (χ0n) is 9.19. The van der Waals surface area contributed by atoms with E-state index >= 15 is 0 Å². The Labute approximate surface area is 88.3 Å². The van der Waals surface area contributed by atoms with Gasteiger partial charge in [-0.2, -0.15) is 5.10 Å². The monoisotopic (exact) mass is 212 g/mol. The average molecular weight is 212 g/mol. The number of rotatable bonds is 4. The molecule has 3 N–H and O–H groups in total. The summed E-state index contributed by atoms with van der Waals surface area (Å²) < 4.78 is 1.61. The molecule has 15 heavy (non-hydrogen) atoms. The third-order valence-corrected chi connectivity index (χ3v) is 2.20. The Bertz CT molecular complexity index is 372. The largest absolute Gasteiger partial charge is 0.480 e. The first-order valence-electron chi connectivity index (χ1n) is 4.71. The molecule has 1 rings (SSSR count). The van der Waals surface area contributed by atoms with E-state index in [4.69, 9.17) is 10.8 Å². The normalized spacial score (nSPS) is 10.3. The van der Waals surface area contributed by atoms with Crippen molar-refractivity contribution in [3.05, 3.63) is 5.69 Å². The Kier molecular flexibility index (Phi) is 3.18. The number of aromatic nitrogens is 2. The molecule has 0 aliphatic rings. The highest BCUT2D eigenvalue weighted by Gasteiger charge is 2.17. The van der Waals surface area contributed by atoms with Gasteiger partial charge in [-0.3, -0.25) is 9.48 Å². The molecule has 0 saturated heterocycles. The van der Waals surface area contributed by atoms with Crippen LogP contribution in [-0.2, 0) is 18.3 Å². The molecular formula is C9H16N4O2. The van der Waals surface area contributed by atoms with Crippen molar-refractivity contribution >= 4 is 17.5 Å². The Morgan fingerprint density at radius 3 is 2.67 bits per heavy atom. The van der Waals surface area contributed by atoms with Crippen molar-refractivity contribution in [2.75, 3.05) is 24.2 Å². The van der Waals surface area contributed by atoms with Gasteiger partial charge < -0.3 is 15.7 Å². The SMILES string of the molecule is CCc1nn(C)c(N(C)CC(=O)O)c1N. The van der Waals surface area contributed by atoms with Gasteiger partial charge in [-0.25, -0.2) is 0 Å². The van der Waals surface area contributed by atoms with Crippen LogP contribution in [0, 0.1) is 0 Å². The number of hydrogen-bond donors (Lipinski definition) is 2. The molecular weight excluding hydrogens is 196 g/mol. The van der Waals surface area contributed by atoms with E-state index in [9.17, 15) is 4.79 Å². The highest BCUT2D eigenvalue weighted by Crippen LogP contribution is 2.25. The predicted octanol–water partition coefficient (Wildman–Crippen LogP) is 0.0855. The first kappa shape index (κ1) is 11.4. The van der Waals surface area contributed by atoms with E-state index < -0.39 is 5.97 Å². The van der Waals surface area contributed by atoms with Gasteiger partial charge in [0.2, 0.25) is 0 Å². The van der Waals surface area contributed by atoms with E-state index in [1.165, 1.54) is 0 Å². The minimum absolute atomic E-state index is 0.0904. The molecule has 0 aromatic carbocycles.